The first kappa shape index (κ1) is 13.2. The maximum absolute atomic E-state index is 5.50. The second-order valence-corrected chi connectivity index (χ2v) is 4.42. The molecule has 0 saturated carbocycles. The summed E-state index contributed by atoms with van der Waals surface area (Å²) in [4.78, 5) is 2.28. The zero-order valence-electron chi connectivity index (χ0n) is 10.6. The van der Waals surface area contributed by atoms with Crippen LogP contribution in [0.3, 0.4) is 0 Å². The maximum atomic E-state index is 5.50. The Kier molecular flexibility index (Phi) is 5.46. The molecule has 0 aromatic heterocycles. The molecule has 1 aromatic rings. The number of likely N-dealkylation sites (N-methyl/N-ethyl adjacent to an activating group) is 1. The van der Waals surface area contributed by atoms with Crippen molar-refractivity contribution in [2.75, 3.05) is 33.2 Å². The summed E-state index contributed by atoms with van der Waals surface area (Å²) in [5.41, 5.74) is 2.74. The average Bonchev–Trinajstić information content (AvgIpc) is 2.28. The molecule has 0 spiro atoms. The Morgan fingerprint density at radius 1 is 0.938 bits per heavy atom. The van der Waals surface area contributed by atoms with Crippen molar-refractivity contribution in [3.05, 3.63) is 35.4 Å². The summed E-state index contributed by atoms with van der Waals surface area (Å²) in [5, 5.41) is 1.86. The van der Waals surface area contributed by atoms with Crippen LogP contribution >= 0.6 is 0 Å². The van der Waals surface area contributed by atoms with Gasteiger partial charge in [0, 0.05) is 26.2 Å². The van der Waals surface area contributed by atoms with Crippen LogP contribution in [0.1, 0.15) is 11.1 Å². The van der Waals surface area contributed by atoms with Crippen LogP contribution in [-0.4, -0.2) is 43.1 Å². The largest absolute Gasteiger partial charge is 0.304 e. The predicted molar refractivity (Wildman–Crippen MR) is 69.2 cm³/mol. The van der Waals surface area contributed by atoms with Gasteiger partial charge in [0.2, 0.25) is 0 Å². The van der Waals surface area contributed by atoms with E-state index in [0.29, 0.717) is 0 Å². The van der Waals surface area contributed by atoms with Crippen molar-refractivity contribution in [1.29, 1.82) is 0 Å². The molecule has 1 aromatic carbocycles. The zero-order chi connectivity index (χ0) is 12.0. The van der Waals surface area contributed by atoms with Crippen molar-refractivity contribution in [3.8, 4) is 0 Å². The molecule has 1 fully saturated rings. The van der Waals surface area contributed by atoms with Gasteiger partial charge in [0.25, 0.3) is 0 Å². The van der Waals surface area contributed by atoms with E-state index in [9.17, 15) is 0 Å². The normalized spacial score (nSPS) is 17.8. The Hall–Kier alpha value is -0.900. The Morgan fingerprint density at radius 3 is 1.69 bits per heavy atom. The van der Waals surface area contributed by atoms with Crippen molar-refractivity contribution >= 4 is 0 Å². The molecule has 1 heterocycles. The van der Waals surface area contributed by atoms with Crippen LogP contribution < -0.4 is 5.84 Å². The van der Waals surface area contributed by atoms with Crippen LogP contribution in [0.2, 0.25) is 0 Å². The van der Waals surface area contributed by atoms with Crippen LogP contribution in [0, 0.1) is 13.8 Å². The summed E-state index contributed by atoms with van der Waals surface area (Å²) in [5.74, 6) is 5.50. The van der Waals surface area contributed by atoms with Gasteiger partial charge in [-0.15, -0.1) is 0 Å². The number of aryl methyl sites for hydroxylation is 2. The van der Waals surface area contributed by atoms with Gasteiger partial charge in [0.05, 0.1) is 0 Å². The molecule has 1 aliphatic heterocycles. The van der Waals surface area contributed by atoms with Crippen molar-refractivity contribution in [2.24, 2.45) is 5.84 Å². The summed E-state index contributed by atoms with van der Waals surface area (Å²) in [6.07, 6.45) is 0. The molecule has 16 heavy (non-hydrogen) atoms. The molecule has 1 aliphatic rings. The molecule has 0 aliphatic carbocycles. The molecule has 3 nitrogen and oxygen atoms in total. The van der Waals surface area contributed by atoms with Gasteiger partial charge >= 0.3 is 0 Å². The minimum Gasteiger partial charge on any atom is -0.304 e. The molecule has 3 heteroatoms. The van der Waals surface area contributed by atoms with E-state index in [1.54, 1.807) is 0 Å². The monoisotopic (exact) mass is 221 g/mol. The van der Waals surface area contributed by atoms with E-state index in [2.05, 4.69) is 50.1 Å². The molecule has 0 radical (unpaired) electrons. The minimum atomic E-state index is 1.01. The quantitative estimate of drug-likeness (QED) is 0.672. The van der Waals surface area contributed by atoms with Gasteiger partial charge in [0.1, 0.15) is 0 Å². The topological polar surface area (TPSA) is 32.5 Å². The highest BCUT2D eigenvalue weighted by molar-refractivity contribution is 5.23. The van der Waals surface area contributed by atoms with E-state index in [1.165, 1.54) is 11.1 Å². The zero-order valence-corrected chi connectivity index (χ0v) is 10.6. The number of benzene rings is 1. The van der Waals surface area contributed by atoms with Crippen LogP contribution in [0.15, 0.2) is 24.3 Å². The predicted octanol–water partition coefficient (Wildman–Crippen LogP) is 1.41. The molecule has 2 N–H and O–H groups in total. The summed E-state index contributed by atoms with van der Waals surface area (Å²) >= 11 is 0. The van der Waals surface area contributed by atoms with Crippen molar-refractivity contribution < 1.29 is 0 Å². The van der Waals surface area contributed by atoms with E-state index in [-0.39, 0.29) is 0 Å². The molecule has 0 bridgehead atoms. The van der Waals surface area contributed by atoms with Gasteiger partial charge in [-0.05, 0) is 32.0 Å². The van der Waals surface area contributed by atoms with Gasteiger partial charge in [-0.1, -0.05) is 24.3 Å². The molecule has 90 valence electrons. The number of rotatable bonds is 0. The first-order chi connectivity index (χ1) is 7.59. The number of hydrazine groups is 1. The van der Waals surface area contributed by atoms with Crippen LogP contribution in [0.25, 0.3) is 0 Å². The van der Waals surface area contributed by atoms with E-state index < -0.39 is 0 Å². The highest BCUT2D eigenvalue weighted by Gasteiger charge is 2.08. The molecule has 2 rings (SSSR count). The second-order valence-electron chi connectivity index (χ2n) is 4.42. The Labute approximate surface area is 98.8 Å². The summed E-state index contributed by atoms with van der Waals surface area (Å²) in [6.45, 7) is 8.48. The SMILES string of the molecule is CN1CCN(N)CC1.Cc1ccccc1C. The summed E-state index contributed by atoms with van der Waals surface area (Å²) in [6, 6.07) is 8.36. The Balaban J connectivity index is 0.000000160. The first-order valence-electron chi connectivity index (χ1n) is 5.80. The molecule has 1 saturated heterocycles. The van der Waals surface area contributed by atoms with Crippen molar-refractivity contribution in [2.45, 2.75) is 13.8 Å². The lowest BCUT2D eigenvalue weighted by Crippen LogP contribution is -2.47. The fourth-order valence-corrected chi connectivity index (χ4v) is 1.48. The summed E-state index contributed by atoms with van der Waals surface area (Å²) < 4.78 is 0. The minimum absolute atomic E-state index is 1.01. The third kappa shape index (κ3) is 4.75. The number of piperazine rings is 1. The van der Waals surface area contributed by atoms with Gasteiger partial charge < -0.3 is 4.90 Å². The van der Waals surface area contributed by atoms with Gasteiger partial charge in [-0.3, -0.25) is 5.84 Å². The van der Waals surface area contributed by atoms with E-state index in [4.69, 9.17) is 5.84 Å². The lowest BCUT2D eigenvalue weighted by Gasteiger charge is -2.28. The lowest BCUT2D eigenvalue weighted by molar-refractivity contribution is 0.156. The van der Waals surface area contributed by atoms with Gasteiger partial charge in [-0.2, -0.15) is 0 Å². The third-order valence-corrected chi connectivity index (χ3v) is 2.96. The standard InChI is InChI=1S/C8H10.C5H13N3/c1-7-5-3-4-6-8(7)2;1-7-2-4-8(6)5-3-7/h3-6H,1-2H3;2-6H2,1H3. The number of hydrogen-bond donors (Lipinski definition) is 1. The fourth-order valence-electron chi connectivity index (χ4n) is 1.48. The number of nitrogens with zero attached hydrogens (tertiary/aromatic N) is 2. The van der Waals surface area contributed by atoms with Gasteiger partial charge in [0.15, 0.2) is 0 Å². The van der Waals surface area contributed by atoms with Crippen LogP contribution in [0.4, 0.5) is 0 Å². The smallest absolute Gasteiger partial charge is 0.0256 e. The molecule has 0 atom stereocenters. The lowest BCUT2D eigenvalue weighted by atomic mass is 10.1. The van der Waals surface area contributed by atoms with E-state index >= 15 is 0 Å². The van der Waals surface area contributed by atoms with Crippen molar-refractivity contribution in [3.63, 3.8) is 0 Å². The molecular weight excluding hydrogens is 198 g/mol. The molecule has 0 unspecified atom stereocenters. The molecular formula is C13H23N3. The highest BCUT2D eigenvalue weighted by Crippen LogP contribution is 2.02. The summed E-state index contributed by atoms with van der Waals surface area (Å²) in [7, 11) is 2.12. The van der Waals surface area contributed by atoms with E-state index in [1.807, 2.05) is 5.01 Å². The third-order valence-electron chi connectivity index (χ3n) is 2.96. The maximum Gasteiger partial charge on any atom is 0.0256 e. The molecule has 0 amide bonds. The van der Waals surface area contributed by atoms with Crippen molar-refractivity contribution in [1.82, 2.24) is 9.91 Å². The average molecular weight is 221 g/mol. The van der Waals surface area contributed by atoms with Gasteiger partial charge in [-0.25, -0.2) is 5.01 Å². The highest BCUT2D eigenvalue weighted by atomic mass is 15.4. The second kappa shape index (κ2) is 6.63. The van der Waals surface area contributed by atoms with Crippen LogP contribution in [0.5, 0.6) is 0 Å². The number of hydrogen-bond acceptors (Lipinski definition) is 3. The number of nitrogens with two attached hydrogens (primary N) is 1. The fraction of sp³-hybridized carbons (Fsp3) is 0.538. The Morgan fingerprint density at radius 2 is 1.38 bits per heavy atom. The Bertz CT molecular complexity index is 273. The van der Waals surface area contributed by atoms with Crippen LogP contribution in [-0.2, 0) is 0 Å². The van der Waals surface area contributed by atoms with E-state index in [0.717, 1.165) is 26.2 Å². The first-order valence-corrected chi connectivity index (χ1v) is 5.80.